The number of aryl methyl sites for hydroxylation is 1. The summed E-state index contributed by atoms with van der Waals surface area (Å²) < 4.78 is 0. The van der Waals surface area contributed by atoms with Crippen LogP contribution in [0.4, 0.5) is 11.6 Å². The normalized spacial score (nSPS) is 12.2. The van der Waals surface area contributed by atoms with Crippen LogP contribution in [0.3, 0.4) is 0 Å². The van der Waals surface area contributed by atoms with Crippen molar-refractivity contribution in [2.75, 3.05) is 17.2 Å². The van der Waals surface area contributed by atoms with Gasteiger partial charge in [0.25, 0.3) is 0 Å². The number of rotatable bonds is 6. The van der Waals surface area contributed by atoms with Gasteiger partial charge in [0.05, 0.1) is 6.04 Å². The zero-order valence-corrected chi connectivity index (χ0v) is 12.4. The summed E-state index contributed by atoms with van der Waals surface area (Å²) in [6, 6.07) is 6.51. The summed E-state index contributed by atoms with van der Waals surface area (Å²) in [5.41, 5.74) is 0. The molecule has 0 saturated heterocycles. The van der Waals surface area contributed by atoms with Crippen LogP contribution in [0.2, 0.25) is 0 Å². The maximum absolute atomic E-state index is 4.46. The molecule has 19 heavy (non-hydrogen) atoms. The summed E-state index contributed by atoms with van der Waals surface area (Å²) in [6.45, 7) is 7.01. The maximum atomic E-state index is 4.46. The zero-order valence-electron chi connectivity index (χ0n) is 11.6. The first-order valence-corrected chi connectivity index (χ1v) is 7.50. The van der Waals surface area contributed by atoms with Crippen LogP contribution >= 0.6 is 11.3 Å². The summed E-state index contributed by atoms with van der Waals surface area (Å²) in [7, 11) is 0. The molecule has 102 valence electrons. The molecular weight excluding hydrogens is 256 g/mol. The van der Waals surface area contributed by atoms with Crippen LogP contribution in [0.25, 0.3) is 0 Å². The van der Waals surface area contributed by atoms with Gasteiger partial charge in [-0.25, -0.2) is 9.97 Å². The second-order valence-electron chi connectivity index (χ2n) is 4.34. The average molecular weight is 276 g/mol. The largest absolute Gasteiger partial charge is 0.370 e. The third kappa shape index (κ3) is 3.67. The molecule has 0 aliphatic heterocycles. The first kappa shape index (κ1) is 13.8. The van der Waals surface area contributed by atoms with E-state index in [4.69, 9.17) is 0 Å². The predicted molar refractivity (Wildman–Crippen MR) is 81.9 cm³/mol. The van der Waals surface area contributed by atoms with E-state index in [1.807, 2.05) is 13.0 Å². The van der Waals surface area contributed by atoms with Crippen LogP contribution in [-0.2, 0) is 0 Å². The van der Waals surface area contributed by atoms with Crippen molar-refractivity contribution in [1.82, 2.24) is 9.97 Å². The highest BCUT2D eigenvalue weighted by Gasteiger charge is 2.11. The minimum atomic E-state index is 0.309. The van der Waals surface area contributed by atoms with Crippen LogP contribution in [0.15, 0.2) is 23.6 Å². The van der Waals surface area contributed by atoms with E-state index in [2.05, 4.69) is 52.0 Å². The van der Waals surface area contributed by atoms with Crippen LogP contribution in [-0.4, -0.2) is 16.5 Å². The molecule has 2 aromatic rings. The van der Waals surface area contributed by atoms with E-state index in [0.717, 1.165) is 30.4 Å². The van der Waals surface area contributed by atoms with E-state index < -0.39 is 0 Å². The number of nitrogens with one attached hydrogen (secondary N) is 2. The Labute approximate surface area is 118 Å². The lowest BCUT2D eigenvalue weighted by atomic mass is 10.2. The lowest BCUT2D eigenvalue weighted by Crippen LogP contribution is -2.11. The lowest BCUT2D eigenvalue weighted by Gasteiger charge is -2.17. The van der Waals surface area contributed by atoms with Crippen LogP contribution in [0, 0.1) is 6.92 Å². The summed E-state index contributed by atoms with van der Waals surface area (Å²) in [5.74, 6) is 2.53. The lowest BCUT2D eigenvalue weighted by molar-refractivity contribution is 0.756. The summed E-state index contributed by atoms with van der Waals surface area (Å²) >= 11 is 1.77. The van der Waals surface area contributed by atoms with Gasteiger partial charge < -0.3 is 10.6 Å². The van der Waals surface area contributed by atoms with Crippen LogP contribution < -0.4 is 10.6 Å². The third-order valence-electron chi connectivity index (χ3n) is 2.81. The molecule has 0 fully saturated rings. The topological polar surface area (TPSA) is 49.8 Å². The molecule has 0 radical (unpaired) electrons. The van der Waals surface area contributed by atoms with Gasteiger partial charge in [0.2, 0.25) is 0 Å². The molecule has 0 aliphatic carbocycles. The minimum Gasteiger partial charge on any atom is -0.370 e. The summed E-state index contributed by atoms with van der Waals surface area (Å²) in [6.07, 6.45) is 1.03. The Hall–Kier alpha value is -1.62. The molecule has 0 aromatic carbocycles. The van der Waals surface area contributed by atoms with Gasteiger partial charge in [0.1, 0.15) is 17.5 Å². The van der Waals surface area contributed by atoms with Crippen molar-refractivity contribution in [3.63, 3.8) is 0 Å². The van der Waals surface area contributed by atoms with Gasteiger partial charge >= 0.3 is 0 Å². The second-order valence-corrected chi connectivity index (χ2v) is 5.32. The van der Waals surface area contributed by atoms with Crippen LogP contribution in [0.5, 0.6) is 0 Å². The predicted octanol–water partition coefficient (Wildman–Crippen LogP) is 3.84. The highest BCUT2D eigenvalue weighted by atomic mass is 32.1. The smallest absolute Gasteiger partial charge is 0.132 e. The minimum absolute atomic E-state index is 0.309. The molecule has 0 spiro atoms. The van der Waals surface area contributed by atoms with E-state index in [-0.39, 0.29) is 0 Å². The number of anilines is 2. The standard InChI is InChI=1S/C14H20N4S/c1-4-11(12-7-6-8-19-12)18-14-9-13(15-5-2)16-10(3)17-14/h6-9,11H,4-5H2,1-3H3,(H2,15,16,17,18). The molecule has 1 unspecified atom stereocenters. The quantitative estimate of drug-likeness (QED) is 0.841. The summed E-state index contributed by atoms with van der Waals surface area (Å²) in [5, 5.41) is 8.82. The van der Waals surface area contributed by atoms with Crippen molar-refractivity contribution in [1.29, 1.82) is 0 Å². The van der Waals surface area contributed by atoms with E-state index in [1.54, 1.807) is 11.3 Å². The molecule has 2 heterocycles. The van der Waals surface area contributed by atoms with E-state index >= 15 is 0 Å². The van der Waals surface area contributed by atoms with Gasteiger partial charge in [-0.1, -0.05) is 13.0 Å². The number of nitrogens with zero attached hydrogens (tertiary/aromatic N) is 2. The molecule has 0 amide bonds. The fraction of sp³-hybridized carbons (Fsp3) is 0.429. The Morgan fingerprint density at radius 3 is 2.68 bits per heavy atom. The van der Waals surface area contributed by atoms with Gasteiger partial charge in [0.15, 0.2) is 0 Å². The Balaban J connectivity index is 2.17. The molecule has 2 rings (SSSR count). The highest BCUT2D eigenvalue weighted by molar-refractivity contribution is 7.10. The Bertz CT molecular complexity index is 510. The zero-order chi connectivity index (χ0) is 13.7. The van der Waals surface area contributed by atoms with E-state index in [1.165, 1.54) is 4.88 Å². The van der Waals surface area contributed by atoms with Crippen molar-refractivity contribution >= 4 is 23.0 Å². The Morgan fingerprint density at radius 2 is 2.05 bits per heavy atom. The molecule has 1 atom stereocenters. The van der Waals surface area contributed by atoms with Crippen molar-refractivity contribution in [2.24, 2.45) is 0 Å². The maximum Gasteiger partial charge on any atom is 0.132 e. The molecule has 0 bridgehead atoms. The van der Waals surface area contributed by atoms with Gasteiger partial charge in [-0.15, -0.1) is 11.3 Å². The molecule has 0 saturated carbocycles. The van der Waals surface area contributed by atoms with Crippen LogP contribution in [0.1, 0.15) is 37.0 Å². The molecular formula is C14H20N4S. The first-order valence-electron chi connectivity index (χ1n) is 6.62. The fourth-order valence-corrected chi connectivity index (χ4v) is 2.82. The number of thiophene rings is 1. The molecule has 4 nitrogen and oxygen atoms in total. The second kappa shape index (κ2) is 6.52. The van der Waals surface area contributed by atoms with Crippen molar-refractivity contribution in [3.05, 3.63) is 34.3 Å². The molecule has 2 N–H and O–H groups in total. The Kier molecular flexibility index (Phi) is 4.74. The van der Waals surface area contributed by atoms with E-state index in [9.17, 15) is 0 Å². The number of aromatic nitrogens is 2. The fourth-order valence-electron chi connectivity index (χ4n) is 1.96. The highest BCUT2D eigenvalue weighted by Crippen LogP contribution is 2.26. The average Bonchev–Trinajstić information content (AvgIpc) is 2.89. The number of hydrogen-bond donors (Lipinski definition) is 2. The Morgan fingerprint density at radius 1 is 1.26 bits per heavy atom. The third-order valence-corrected chi connectivity index (χ3v) is 3.80. The number of hydrogen-bond acceptors (Lipinski definition) is 5. The summed E-state index contributed by atoms with van der Waals surface area (Å²) in [4.78, 5) is 10.2. The molecule has 2 aromatic heterocycles. The van der Waals surface area contributed by atoms with E-state index in [0.29, 0.717) is 6.04 Å². The monoisotopic (exact) mass is 276 g/mol. The van der Waals surface area contributed by atoms with Crippen molar-refractivity contribution in [3.8, 4) is 0 Å². The van der Waals surface area contributed by atoms with Crippen molar-refractivity contribution < 1.29 is 0 Å². The molecule has 0 aliphatic rings. The van der Waals surface area contributed by atoms with Gasteiger partial charge in [-0.3, -0.25) is 0 Å². The molecule has 5 heteroatoms. The SMILES string of the molecule is CCNc1cc(NC(CC)c2cccs2)nc(C)n1. The van der Waals surface area contributed by atoms with Gasteiger partial charge in [-0.2, -0.15) is 0 Å². The van der Waals surface area contributed by atoms with Gasteiger partial charge in [-0.05, 0) is 31.7 Å². The van der Waals surface area contributed by atoms with Crippen molar-refractivity contribution in [2.45, 2.75) is 33.2 Å². The first-order chi connectivity index (χ1) is 9.22. The van der Waals surface area contributed by atoms with Gasteiger partial charge in [0, 0.05) is 17.5 Å².